The van der Waals surface area contributed by atoms with Crippen LogP contribution in [0.25, 0.3) is 0 Å². The minimum atomic E-state index is -0.551. The van der Waals surface area contributed by atoms with E-state index in [1.165, 1.54) is 47.4 Å². The third kappa shape index (κ3) is 6.45. The third-order valence-electron chi connectivity index (χ3n) is 6.21. The molecule has 39 heavy (non-hydrogen) atoms. The number of carbonyl (C=O) groups excluding carboxylic acids is 3. The van der Waals surface area contributed by atoms with E-state index in [1.54, 1.807) is 25.5 Å². The molecule has 0 bridgehead atoms. The van der Waals surface area contributed by atoms with Crippen LogP contribution in [0.4, 0.5) is 10.7 Å². The van der Waals surface area contributed by atoms with E-state index in [-0.39, 0.29) is 30.3 Å². The molecule has 1 aliphatic rings. The molecule has 2 heterocycles. The van der Waals surface area contributed by atoms with Crippen molar-refractivity contribution in [1.29, 1.82) is 0 Å². The molecule has 2 N–H and O–H groups in total. The molecule has 0 aliphatic heterocycles. The number of carbonyl (C=O) groups is 3. The maximum Gasteiger partial charge on any atom is 0.341 e. The fourth-order valence-corrected chi connectivity index (χ4v) is 6.21. The Morgan fingerprint density at radius 1 is 1.21 bits per heavy atom. The van der Waals surface area contributed by atoms with E-state index in [0.717, 1.165) is 36.1 Å². The van der Waals surface area contributed by atoms with E-state index < -0.39 is 22.0 Å². The highest BCUT2D eigenvalue weighted by Crippen LogP contribution is 2.39. The number of ether oxygens (including phenoxy) is 1. The van der Waals surface area contributed by atoms with Gasteiger partial charge in [0.25, 0.3) is 11.6 Å². The number of nitrogens with zero attached hydrogens (tertiary/aromatic N) is 4. The minimum absolute atomic E-state index is 0.0735. The quantitative estimate of drug-likeness (QED) is 0.159. The molecule has 1 aliphatic carbocycles. The number of fused-ring (bicyclic) bond motifs is 1. The maximum absolute atomic E-state index is 13.1. The van der Waals surface area contributed by atoms with E-state index in [2.05, 4.69) is 20.8 Å². The first-order valence-electron chi connectivity index (χ1n) is 12.4. The summed E-state index contributed by atoms with van der Waals surface area (Å²) in [6.07, 6.45) is 3.73. The van der Waals surface area contributed by atoms with Gasteiger partial charge in [0.15, 0.2) is 11.0 Å². The van der Waals surface area contributed by atoms with Crippen LogP contribution in [0, 0.1) is 10.1 Å². The third-order valence-corrected chi connectivity index (χ3v) is 8.55. The standard InChI is InChI=1S/C25H28N6O6S2/c1-4-37-24(34)20-17-7-5-6-8-18(17)39-23(20)27-21(32)14(2)38-25-29-28-19(30(25)3)13-26-22(33)15-9-11-16(12-10-15)31(35)36/h9-12,14H,4-8,13H2,1-3H3,(H,26,33)(H,27,32). The van der Waals surface area contributed by atoms with Gasteiger partial charge in [-0.3, -0.25) is 19.7 Å². The summed E-state index contributed by atoms with van der Waals surface area (Å²) in [6, 6.07) is 5.28. The van der Waals surface area contributed by atoms with Crippen LogP contribution in [-0.4, -0.2) is 49.3 Å². The number of hydrogen-bond acceptors (Lipinski definition) is 10. The number of thioether (sulfide) groups is 1. The van der Waals surface area contributed by atoms with Crippen LogP contribution in [0.5, 0.6) is 0 Å². The molecule has 4 rings (SSSR count). The van der Waals surface area contributed by atoms with Crippen molar-refractivity contribution in [2.24, 2.45) is 7.05 Å². The minimum Gasteiger partial charge on any atom is -0.462 e. The predicted octanol–water partition coefficient (Wildman–Crippen LogP) is 3.89. The van der Waals surface area contributed by atoms with E-state index in [9.17, 15) is 24.5 Å². The molecule has 12 nitrogen and oxygen atoms in total. The Bertz CT molecular complexity index is 1400. The molecule has 0 radical (unpaired) electrons. The number of thiophene rings is 1. The van der Waals surface area contributed by atoms with E-state index in [4.69, 9.17) is 4.74 Å². The maximum atomic E-state index is 13.1. The lowest BCUT2D eigenvalue weighted by atomic mass is 9.95. The molecule has 1 aromatic carbocycles. The smallest absolute Gasteiger partial charge is 0.341 e. The summed E-state index contributed by atoms with van der Waals surface area (Å²) in [5, 5.41) is 25.1. The Balaban J connectivity index is 1.38. The molecular weight excluding hydrogens is 544 g/mol. The Morgan fingerprint density at radius 2 is 1.92 bits per heavy atom. The van der Waals surface area contributed by atoms with Gasteiger partial charge in [-0.2, -0.15) is 0 Å². The van der Waals surface area contributed by atoms with Gasteiger partial charge in [-0.25, -0.2) is 4.79 Å². The van der Waals surface area contributed by atoms with E-state index in [0.29, 0.717) is 21.5 Å². The first-order valence-corrected chi connectivity index (χ1v) is 14.1. The van der Waals surface area contributed by atoms with Crippen molar-refractivity contribution in [1.82, 2.24) is 20.1 Å². The number of aryl methyl sites for hydroxylation is 1. The molecule has 0 saturated heterocycles. The van der Waals surface area contributed by atoms with Crippen molar-refractivity contribution >= 4 is 51.6 Å². The monoisotopic (exact) mass is 572 g/mol. The lowest BCUT2D eigenvalue weighted by molar-refractivity contribution is -0.384. The number of non-ortho nitro benzene ring substituents is 1. The van der Waals surface area contributed by atoms with Crippen molar-refractivity contribution in [2.75, 3.05) is 11.9 Å². The zero-order chi connectivity index (χ0) is 28.1. The van der Waals surface area contributed by atoms with Crippen molar-refractivity contribution in [2.45, 2.75) is 56.5 Å². The lowest BCUT2D eigenvalue weighted by Crippen LogP contribution is -2.25. The summed E-state index contributed by atoms with van der Waals surface area (Å²) in [4.78, 5) is 49.6. The Labute approximate surface area is 232 Å². The average Bonchev–Trinajstić information content (AvgIpc) is 3.46. The number of nitro benzene ring substituents is 1. The molecule has 1 unspecified atom stereocenters. The number of hydrogen-bond donors (Lipinski definition) is 2. The number of nitro groups is 1. The van der Waals surface area contributed by atoms with Gasteiger partial charge in [-0.1, -0.05) is 11.8 Å². The van der Waals surface area contributed by atoms with Gasteiger partial charge in [0.1, 0.15) is 5.00 Å². The van der Waals surface area contributed by atoms with Crippen LogP contribution in [-0.2, 0) is 36.0 Å². The van der Waals surface area contributed by atoms with Crippen LogP contribution in [0.15, 0.2) is 29.4 Å². The fraction of sp³-hybridized carbons (Fsp3) is 0.400. The lowest BCUT2D eigenvalue weighted by Gasteiger charge is -2.13. The number of aromatic nitrogens is 3. The van der Waals surface area contributed by atoms with Gasteiger partial charge < -0.3 is 19.9 Å². The van der Waals surface area contributed by atoms with E-state index in [1.807, 2.05) is 0 Å². The number of rotatable bonds is 10. The molecule has 206 valence electrons. The average molecular weight is 573 g/mol. The van der Waals surface area contributed by atoms with Crippen molar-refractivity contribution in [3.05, 3.63) is 61.8 Å². The van der Waals surface area contributed by atoms with Gasteiger partial charge in [0.2, 0.25) is 5.91 Å². The largest absolute Gasteiger partial charge is 0.462 e. The van der Waals surface area contributed by atoms with Crippen LogP contribution in [0.1, 0.15) is 63.7 Å². The zero-order valence-corrected chi connectivity index (χ0v) is 23.3. The first kappa shape index (κ1) is 28.2. The topological polar surface area (TPSA) is 158 Å². The number of benzene rings is 1. The molecule has 14 heteroatoms. The molecule has 2 amide bonds. The van der Waals surface area contributed by atoms with Crippen molar-refractivity contribution in [3.8, 4) is 0 Å². The molecule has 1 atom stereocenters. The highest BCUT2D eigenvalue weighted by atomic mass is 32.2. The van der Waals surface area contributed by atoms with Gasteiger partial charge in [-0.15, -0.1) is 21.5 Å². The van der Waals surface area contributed by atoms with Crippen LogP contribution >= 0.6 is 23.1 Å². The predicted molar refractivity (Wildman–Crippen MR) is 146 cm³/mol. The van der Waals surface area contributed by atoms with Crippen molar-refractivity contribution in [3.63, 3.8) is 0 Å². The highest BCUT2D eigenvalue weighted by Gasteiger charge is 2.29. The number of esters is 1. The molecule has 2 aromatic heterocycles. The number of amides is 2. The summed E-state index contributed by atoms with van der Waals surface area (Å²) in [6.45, 7) is 3.82. The van der Waals surface area contributed by atoms with E-state index >= 15 is 0 Å². The number of anilines is 1. The SMILES string of the molecule is CCOC(=O)c1c(NC(=O)C(C)Sc2nnc(CNC(=O)c3ccc([N+](=O)[O-])cc3)n2C)sc2c1CCCC2. The molecule has 3 aromatic rings. The second kappa shape index (κ2) is 12.4. The Morgan fingerprint density at radius 3 is 2.62 bits per heavy atom. The van der Waals surface area contributed by atoms with Crippen LogP contribution in [0.3, 0.4) is 0 Å². The Kier molecular flexibility index (Phi) is 8.97. The summed E-state index contributed by atoms with van der Waals surface area (Å²) in [7, 11) is 1.73. The van der Waals surface area contributed by atoms with Gasteiger partial charge in [0, 0.05) is 29.6 Å². The summed E-state index contributed by atoms with van der Waals surface area (Å²) < 4.78 is 6.94. The fourth-order valence-electron chi connectivity index (χ4n) is 4.10. The van der Waals surface area contributed by atoms with Gasteiger partial charge >= 0.3 is 5.97 Å². The normalized spacial score (nSPS) is 13.3. The summed E-state index contributed by atoms with van der Waals surface area (Å²) >= 11 is 2.64. The molecular formula is C25H28N6O6S2. The first-order chi connectivity index (χ1) is 18.7. The van der Waals surface area contributed by atoms with Gasteiger partial charge in [-0.05, 0) is 57.2 Å². The zero-order valence-electron chi connectivity index (χ0n) is 21.7. The molecule has 0 fully saturated rings. The summed E-state index contributed by atoms with van der Waals surface area (Å²) in [5.41, 5.74) is 1.62. The van der Waals surface area contributed by atoms with Gasteiger partial charge in [0.05, 0.1) is 28.9 Å². The second-order valence-corrected chi connectivity index (χ2v) is 11.2. The molecule has 0 saturated carbocycles. The van der Waals surface area contributed by atoms with Crippen LogP contribution < -0.4 is 10.6 Å². The number of nitrogens with one attached hydrogen (secondary N) is 2. The van der Waals surface area contributed by atoms with Crippen LogP contribution in [0.2, 0.25) is 0 Å². The Hall–Kier alpha value is -3.78. The van der Waals surface area contributed by atoms with Crippen molar-refractivity contribution < 1.29 is 24.0 Å². The molecule has 0 spiro atoms. The highest BCUT2D eigenvalue weighted by molar-refractivity contribution is 8.00. The summed E-state index contributed by atoms with van der Waals surface area (Å²) in [5.74, 6) is -0.636. The second-order valence-electron chi connectivity index (χ2n) is 8.83.